The van der Waals surface area contributed by atoms with Gasteiger partial charge in [-0.1, -0.05) is 11.6 Å². The number of rotatable bonds is 6. The van der Waals surface area contributed by atoms with Gasteiger partial charge in [0.15, 0.2) is 11.5 Å². The third-order valence-electron chi connectivity index (χ3n) is 4.46. The fraction of sp³-hybridized carbons (Fsp3) is 0.182. The highest BCUT2D eigenvalue weighted by Gasteiger charge is 2.13. The summed E-state index contributed by atoms with van der Waals surface area (Å²) in [7, 11) is 0. The summed E-state index contributed by atoms with van der Waals surface area (Å²) < 4.78 is 7.91. The van der Waals surface area contributed by atoms with Gasteiger partial charge < -0.3 is 14.4 Å². The van der Waals surface area contributed by atoms with Gasteiger partial charge in [-0.3, -0.25) is 4.79 Å². The molecule has 0 radical (unpaired) electrons. The van der Waals surface area contributed by atoms with Crippen molar-refractivity contribution in [1.29, 1.82) is 0 Å². The number of nitrogens with one attached hydrogen (secondary N) is 1. The summed E-state index contributed by atoms with van der Waals surface area (Å²) in [5.74, 6) is -0.0846. The van der Waals surface area contributed by atoms with Gasteiger partial charge >= 0.3 is 0 Å². The maximum Gasteiger partial charge on any atom is 0.272 e. The van der Waals surface area contributed by atoms with Gasteiger partial charge in [0.05, 0.1) is 27.9 Å². The van der Waals surface area contributed by atoms with Crippen LogP contribution in [0.5, 0.6) is 11.5 Å². The minimum Gasteiger partial charge on any atom is -0.503 e. The molecule has 0 saturated carbocycles. The lowest BCUT2D eigenvalue weighted by Gasteiger charge is -2.11. The Labute approximate surface area is 188 Å². The topological polar surface area (TPSA) is 75.8 Å². The largest absolute Gasteiger partial charge is 0.503 e. The van der Waals surface area contributed by atoms with Crippen LogP contribution in [0.25, 0.3) is 5.69 Å². The van der Waals surface area contributed by atoms with E-state index in [0.717, 1.165) is 17.1 Å². The van der Waals surface area contributed by atoms with Crippen LogP contribution in [0.15, 0.2) is 52.0 Å². The summed E-state index contributed by atoms with van der Waals surface area (Å²) in [5.41, 5.74) is 6.48. The Bertz CT molecular complexity index is 1110. The second-order valence-corrected chi connectivity index (χ2v) is 7.86. The Morgan fingerprint density at radius 2 is 1.93 bits per heavy atom. The lowest BCUT2D eigenvalue weighted by Crippen LogP contribution is -2.18. The number of nitrogens with zero attached hydrogens (tertiary/aromatic N) is 2. The lowest BCUT2D eigenvalue weighted by atomic mass is 10.2. The van der Waals surface area contributed by atoms with Gasteiger partial charge in [0.1, 0.15) is 0 Å². The first-order valence-corrected chi connectivity index (χ1v) is 10.4. The molecule has 1 amide bonds. The van der Waals surface area contributed by atoms with E-state index in [1.165, 1.54) is 6.21 Å². The summed E-state index contributed by atoms with van der Waals surface area (Å²) in [5, 5.41) is 14.3. The minimum absolute atomic E-state index is 0.0121. The first kappa shape index (κ1) is 21.9. The number of amides is 1. The van der Waals surface area contributed by atoms with Crippen molar-refractivity contribution in [2.45, 2.75) is 20.8 Å². The quantitative estimate of drug-likeness (QED) is 0.360. The van der Waals surface area contributed by atoms with Crippen molar-refractivity contribution in [3.63, 3.8) is 0 Å². The molecule has 6 nitrogen and oxygen atoms in total. The smallest absolute Gasteiger partial charge is 0.272 e. The van der Waals surface area contributed by atoms with Gasteiger partial charge in [0, 0.05) is 17.1 Å². The van der Waals surface area contributed by atoms with Crippen molar-refractivity contribution in [3.05, 3.63) is 74.5 Å². The molecule has 0 unspecified atom stereocenters. The third kappa shape index (κ3) is 4.68. The van der Waals surface area contributed by atoms with Crippen LogP contribution in [0.3, 0.4) is 0 Å². The van der Waals surface area contributed by atoms with Gasteiger partial charge in [-0.15, -0.1) is 0 Å². The van der Waals surface area contributed by atoms with Gasteiger partial charge in [-0.2, -0.15) is 5.10 Å². The molecule has 0 aliphatic carbocycles. The van der Waals surface area contributed by atoms with Crippen LogP contribution < -0.4 is 10.2 Å². The van der Waals surface area contributed by atoms with Crippen LogP contribution in [0.2, 0.25) is 5.02 Å². The Balaban J connectivity index is 1.75. The van der Waals surface area contributed by atoms with Gasteiger partial charge in [-0.25, -0.2) is 5.43 Å². The fourth-order valence-corrected chi connectivity index (χ4v) is 3.78. The molecule has 2 N–H and O–H groups in total. The molecule has 156 valence electrons. The normalized spacial score (nSPS) is 11.1. The van der Waals surface area contributed by atoms with Crippen molar-refractivity contribution in [3.8, 4) is 17.2 Å². The average molecular weight is 491 g/mol. The molecule has 0 bridgehead atoms. The van der Waals surface area contributed by atoms with E-state index in [4.69, 9.17) is 16.3 Å². The SMILES string of the molecule is CCOc1cc(/C=N\NC(=O)c2ccc(-n3c(C)ccc3C)cc2Cl)cc(Br)c1O. The van der Waals surface area contributed by atoms with E-state index in [9.17, 15) is 9.90 Å². The van der Waals surface area contributed by atoms with E-state index < -0.39 is 5.91 Å². The molecule has 0 aliphatic heterocycles. The van der Waals surface area contributed by atoms with Crippen LogP contribution in [-0.4, -0.2) is 28.4 Å². The zero-order valence-electron chi connectivity index (χ0n) is 16.7. The number of carbonyl (C=O) groups is 1. The first-order valence-electron chi connectivity index (χ1n) is 9.25. The number of aromatic hydroxyl groups is 1. The second-order valence-electron chi connectivity index (χ2n) is 6.60. The number of ether oxygens (including phenoxy) is 1. The second kappa shape index (κ2) is 9.36. The average Bonchev–Trinajstić information content (AvgIpc) is 3.03. The molecule has 0 atom stereocenters. The highest BCUT2D eigenvalue weighted by molar-refractivity contribution is 9.10. The zero-order chi connectivity index (χ0) is 21.8. The molecule has 8 heteroatoms. The van der Waals surface area contributed by atoms with Crippen LogP contribution in [-0.2, 0) is 0 Å². The number of hydrazone groups is 1. The van der Waals surface area contributed by atoms with Gasteiger partial charge in [0.25, 0.3) is 5.91 Å². The first-order chi connectivity index (χ1) is 14.3. The number of carbonyl (C=O) groups excluding carboxylic acids is 1. The van der Waals surface area contributed by atoms with Crippen molar-refractivity contribution >= 4 is 39.7 Å². The van der Waals surface area contributed by atoms with Crippen molar-refractivity contribution in [2.75, 3.05) is 6.61 Å². The third-order valence-corrected chi connectivity index (χ3v) is 5.37. The Morgan fingerprint density at radius 3 is 2.57 bits per heavy atom. The Morgan fingerprint density at radius 1 is 1.23 bits per heavy atom. The summed E-state index contributed by atoms with van der Waals surface area (Å²) >= 11 is 9.63. The summed E-state index contributed by atoms with van der Waals surface area (Å²) in [6.45, 7) is 6.25. The molecular weight excluding hydrogens is 470 g/mol. The van der Waals surface area contributed by atoms with Gasteiger partial charge in [-0.05, 0) is 84.7 Å². The number of aromatic nitrogens is 1. The van der Waals surface area contributed by atoms with Crippen LogP contribution in [0.1, 0.15) is 34.2 Å². The van der Waals surface area contributed by atoms with E-state index in [1.807, 2.05) is 39.0 Å². The predicted molar refractivity (Wildman–Crippen MR) is 122 cm³/mol. The number of aryl methyl sites for hydroxylation is 2. The molecule has 30 heavy (non-hydrogen) atoms. The Kier molecular flexibility index (Phi) is 6.84. The predicted octanol–water partition coefficient (Wildman–Crippen LogP) is 5.38. The molecule has 1 heterocycles. The van der Waals surface area contributed by atoms with Crippen LogP contribution in [0, 0.1) is 13.8 Å². The maximum atomic E-state index is 12.5. The maximum absolute atomic E-state index is 12.5. The van der Waals surface area contributed by atoms with E-state index in [0.29, 0.717) is 33.0 Å². The molecule has 0 fully saturated rings. The van der Waals surface area contributed by atoms with Crippen molar-refractivity contribution in [2.24, 2.45) is 5.10 Å². The molecule has 0 aliphatic rings. The summed E-state index contributed by atoms with van der Waals surface area (Å²) in [4.78, 5) is 12.5. The minimum atomic E-state index is -0.424. The lowest BCUT2D eigenvalue weighted by molar-refractivity contribution is 0.0955. The number of hydrogen-bond acceptors (Lipinski definition) is 4. The van der Waals surface area contributed by atoms with Crippen molar-refractivity contribution < 1.29 is 14.6 Å². The number of halogens is 2. The number of hydrogen-bond donors (Lipinski definition) is 2. The Hall–Kier alpha value is -2.77. The highest BCUT2D eigenvalue weighted by atomic mass is 79.9. The molecular formula is C22H21BrClN3O3. The fourth-order valence-electron chi connectivity index (χ4n) is 3.06. The summed E-state index contributed by atoms with van der Waals surface area (Å²) in [6.07, 6.45) is 1.46. The number of phenolic OH excluding ortho intramolecular Hbond substituents is 1. The standard InChI is InChI=1S/C22H21BrClN3O3/c1-4-30-20-10-15(9-18(23)21(20)28)12-25-26-22(29)17-8-7-16(11-19(17)24)27-13(2)5-6-14(27)3/h5-12,28H,4H2,1-3H3,(H,26,29)/b25-12-. The molecule has 2 aromatic carbocycles. The summed E-state index contributed by atoms with van der Waals surface area (Å²) in [6, 6.07) is 12.6. The van der Waals surface area contributed by atoms with Crippen LogP contribution in [0.4, 0.5) is 0 Å². The monoisotopic (exact) mass is 489 g/mol. The van der Waals surface area contributed by atoms with E-state index in [-0.39, 0.29) is 5.75 Å². The number of phenols is 1. The van der Waals surface area contributed by atoms with E-state index >= 15 is 0 Å². The molecule has 0 spiro atoms. The van der Waals surface area contributed by atoms with E-state index in [2.05, 4.69) is 31.0 Å². The highest BCUT2D eigenvalue weighted by Crippen LogP contribution is 2.35. The molecule has 3 rings (SSSR count). The van der Waals surface area contributed by atoms with E-state index in [1.54, 1.807) is 24.3 Å². The molecule has 0 saturated heterocycles. The van der Waals surface area contributed by atoms with Gasteiger partial charge in [0.2, 0.25) is 0 Å². The number of benzene rings is 2. The molecule has 3 aromatic rings. The molecule has 1 aromatic heterocycles. The van der Waals surface area contributed by atoms with Crippen molar-refractivity contribution in [1.82, 2.24) is 9.99 Å². The van der Waals surface area contributed by atoms with Crippen LogP contribution >= 0.6 is 27.5 Å². The zero-order valence-corrected chi connectivity index (χ0v) is 19.1.